The van der Waals surface area contributed by atoms with Crippen LogP contribution in [0.5, 0.6) is 0 Å². The highest BCUT2D eigenvalue weighted by Crippen LogP contribution is 2.14. The van der Waals surface area contributed by atoms with E-state index in [1.165, 1.54) is 0 Å². The molecule has 2 atom stereocenters. The zero-order valence-electron chi connectivity index (χ0n) is 12.9. The number of nitrogens with zero attached hydrogens (tertiary/aromatic N) is 2. The Morgan fingerprint density at radius 3 is 2.58 bits per heavy atom. The van der Waals surface area contributed by atoms with Gasteiger partial charge < -0.3 is 16.0 Å². The minimum absolute atomic E-state index is 0.255. The summed E-state index contributed by atoms with van der Waals surface area (Å²) in [4.78, 5) is 16.5. The average Bonchev–Trinajstić information content (AvgIpc) is 2.36. The number of nitrogens with one attached hydrogen (secondary N) is 1. The summed E-state index contributed by atoms with van der Waals surface area (Å²) in [6.45, 7) is 14.5. The fourth-order valence-electron chi connectivity index (χ4n) is 2.81. The van der Waals surface area contributed by atoms with Gasteiger partial charge in [0.05, 0.1) is 5.54 Å². The van der Waals surface area contributed by atoms with E-state index in [9.17, 15) is 4.79 Å². The molecule has 1 fully saturated rings. The molecule has 1 rings (SSSR count). The molecule has 5 nitrogen and oxygen atoms in total. The molecule has 1 saturated heterocycles. The van der Waals surface area contributed by atoms with Crippen LogP contribution in [0.3, 0.4) is 0 Å². The van der Waals surface area contributed by atoms with E-state index in [-0.39, 0.29) is 5.91 Å². The number of rotatable bonds is 7. The Labute approximate surface area is 117 Å². The largest absolute Gasteiger partial charge is 0.368 e. The predicted octanol–water partition coefficient (Wildman–Crippen LogP) is 0.256. The molecule has 3 N–H and O–H groups in total. The Kier molecular flexibility index (Phi) is 6.23. The third-order valence-corrected chi connectivity index (χ3v) is 4.29. The molecule has 19 heavy (non-hydrogen) atoms. The number of amides is 1. The van der Waals surface area contributed by atoms with E-state index >= 15 is 0 Å². The lowest BCUT2D eigenvalue weighted by Crippen LogP contribution is -2.56. The highest BCUT2D eigenvalue weighted by molar-refractivity contribution is 5.84. The molecule has 0 aromatic rings. The quantitative estimate of drug-likeness (QED) is 0.696. The molecule has 0 spiro atoms. The number of likely N-dealkylation sites (N-methyl/N-ethyl adjacent to an activating group) is 2. The van der Waals surface area contributed by atoms with Gasteiger partial charge >= 0.3 is 0 Å². The minimum Gasteiger partial charge on any atom is -0.368 e. The first kappa shape index (κ1) is 16.4. The maximum atomic E-state index is 11.6. The molecule has 112 valence electrons. The van der Waals surface area contributed by atoms with Gasteiger partial charge in [-0.05, 0) is 33.4 Å². The Morgan fingerprint density at radius 2 is 2.11 bits per heavy atom. The third kappa shape index (κ3) is 4.44. The van der Waals surface area contributed by atoms with Crippen molar-refractivity contribution in [3.05, 3.63) is 0 Å². The molecule has 1 aliphatic heterocycles. The van der Waals surface area contributed by atoms with E-state index in [2.05, 4.69) is 29.0 Å². The van der Waals surface area contributed by atoms with Crippen molar-refractivity contribution in [2.24, 2.45) is 5.73 Å². The second-order valence-corrected chi connectivity index (χ2v) is 5.75. The Morgan fingerprint density at radius 1 is 1.42 bits per heavy atom. The van der Waals surface area contributed by atoms with Crippen molar-refractivity contribution in [1.29, 1.82) is 0 Å². The molecule has 1 amide bonds. The van der Waals surface area contributed by atoms with Gasteiger partial charge in [-0.15, -0.1) is 0 Å². The van der Waals surface area contributed by atoms with Crippen molar-refractivity contribution in [2.45, 2.75) is 45.7 Å². The molecule has 2 unspecified atom stereocenters. The maximum Gasteiger partial charge on any atom is 0.237 e. The maximum absolute atomic E-state index is 11.6. The third-order valence-electron chi connectivity index (χ3n) is 4.29. The summed E-state index contributed by atoms with van der Waals surface area (Å²) in [5.74, 6) is -0.255. The predicted molar refractivity (Wildman–Crippen MR) is 79.0 cm³/mol. The normalized spacial score (nSPS) is 25.2. The number of piperazine rings is 1. The smallest absolute Gasteiger partial charge is 0.237 e. The summed E-state index contributed by atoms with van der Waals surface area (Å²) in [5.41, 5.74) is 4.93. The first-order valence-electron chi connectivity index (χ1n) is 7.44. The number of carbonyl (C=O) groups is 1. The first-order chi connectivity index (χ1) is 8.92. The van der Waals surface area contributed by atoms with Gasteiger partial charge in [-0.2, -0.15) is 0 Å². The monoisotopic (exact) mass is 270 g/mol. The molecule has 0 aromatic carbocycles. The molecule has 1 heterocycles. The first-order valence-corrected chi connectivity index (χ1v) is 7.44. The Balaban J connectivity index is 2.46. The van der Waals surface area contributed by atoms with Gasteiger partial charge in [0.2, 0.25) is 5.91 Å². The van der Waals surface area contributed by atoms with Crippen molar-refractivity contribution >= 4 is 5.91 Å². The molecule has 0 bridgehead atoms. The number of carbonyl (C=O) groups excluding carboxylic acids is 1. The van der Waals surface area contributed by atoms with E-state index < -0.39 is 5.54 Å². The van der Waals surface area contributed by atoms with Crippen LogP contribution in [-0.2, 0) is 4.79 Å². The van der Waals surface area contributed by atoms with E-state index in [1.54, 1.807) is 0 Å². The van der Waals surface area contributed by atoms with Gasteiger partial charge in [0.1, 0.15) is 0 Å². The zero-order valence-corrected chi connectivity index (χ0v) is 12.9. The molecule has 1 aliphatic rings. The van der Waals surface area contributed by atoms with Crippen LogP contribution in [0.15, 0.2) is 0 Å². The summed E-state index contributed by atoms with van der Waals surface area (Å²) >= 11 is 0. The summed E-state index contributed by atoms with van der Waals surface area (Å²) < 4.78 is 0. The summed E-state index contributed by atoms with van der Waals surface area (Å²) in [5, 5.41) is 3.22. The molecule has 0 radical (unpaired) electrons. The van der Waals surface area contributed by atoms with Crippen LogP contribution in [0.25, 0.3) is 0 Å². The lowest BCUT2D eigenvalue weighted by Gasteiger charge is -2.40. The highest BCUT2D eigenvalue weighted by Gasteiger charge is 2.31. The minimum atomic E-state index is -0.583. The van der Waals surface area contributed by atoms with E-state index in [4.69, 9.17) is 5.73 Å². The Bertz CT molecular complexity index is 297. The zero-order chi connectivity index (χ0) is 14.5. The topological polar surface area (TPSA) is 61.6 Å². The van der Waals surface area contributed by atoms with Gasteiger partial charge in [-0.25, -0.2) is 0 Å². The number of hydrogen-bond donors (Lipinski definition) is 2. The van der Waals surface area contributed by atoms with Crippen molar-refractivity contribution in [3.63, 3.8) is 0 Å². The van der Waals surface area contributed by atoms with Crippen LogP contribution < -0.4 is 11.1 Å². The van der Waals surface area contributed by atoms with Gasteiger partial charge in [-0.1, -0.05) is 13.8 Å². The van der Waals surface area contributed by atoms with Crippen LogP contribution in [0.4, 0.5) is 0 Å². The summed E-state index contributed by atoms with van der Waals surface area (Å²) in [6.07, 6.45) is 0.773. The average molecular weight is 270 g/mol. The standard InChI is InChI=1S/C14H30N4O/c1-5-16-14(4,13(15)19)7-8-17-9-10-18(6-2)12(3)11-17/h12,16H,5-11H2,1-4H3,(H2,15,19). The van der Waals surface area contributed by atoms with Gasteiger partial charge in [0, 0.05) is 32.2 Å². The fraction of sp³-hybridized carbons (Fsp3) is 0.929. The molecule has 5 heteroatoms. The van der Waals surface area contributed by atoms with Crippen molar-refractivity contribution in [1.82, 2.24) is 15.1 Å². The molecular formula is C14H30N4O. The lowest BCUT2D eigenvalue weighted by atomic mass is 9.96. The molecule has 0 aliphatic carbocycles. The summed E-state index contributed by atoms with van der Waals surface area (Å²) in [7, 11) is 0. The van der Waals surface area contributed by atoms with E-state index in [0.717, 1.165) is 45.7 Å². The van der Waals surface area contributed by atoms with Crippen LogP contribution in [-0.4, -0.2) is 66.6 Å². The SMILES string of the molecule is CCNC(C)(CCN1CCN(CC)C(C)C1)C(N)=O. The van der Waals surface area contributed by atoms with Gasteiger partial charge in [0.15, 0.2) is 0 Å². The highest BCUT2D eigenvalue weighted by atomic mass is 16.1. The second kappa shape index (κ2) is 7.22. The number of hydrogen-bond acceptors (Lipinski definition) is 4. The molecular weight excluding hydrogens is 240 g/mol. The lowest BCUT2D eigenvalue weighted by molar-refractivity contribution is -0.124. The fourth-order valence-corrected chi connectivity index (χ4v) is 2.81. The van der Waals surface area contributed by atoms with Crippen LogP contribution in [0.1, 0.15) is 34.1 Å². The van der Waals surface area contributed by atoms with Gasteiger partial charge in [0.25, 0.3) is 0 Å². The second-order valence-electron chi connectivity index (χ2n) is 5.75. The molecule has 0 saturated carbocycles. The molecule has 0 aromatic heterocycles. The van der Waals surface area contributed by atoms with Crippen molar-refractivity contribution in [2.75, 3.05) is 39.3 Å². The van der Waals surface area contributed by atoms with Crippen molar-refractivity contribution < 1.29 is 4.79 Å². The van der Waals surface area contributed by atoms with Crippen LogP contribution in [0.2, 0.25) is 0 Å². The number of nitrogens with two attached hydrogens (primary N) is 1. The van der Waals surface area contributed by atoms with Crippen LogP contribution >= 0.6 is 0 Å². The van der Waals surface area contributed by atoms with E-state index in [0.29, 0.717) is 6.04 Å². The number of primary amides is 1. The van der Waals surface area contributed by atoms with E-state index in [1.807, 2.05) is 13.8 Å². The Hall–Kier alpha value is -0.650. The van der Waals surface area contributed by atoms with Crippen molar-refractivity contribution in [3.8, 4) is 0 Å². The van der Waals surface area contributed by atoms with Gasteiger partial charge in [-0.3, -0.25) is 9.69 Å². The van der Waals surface area contributed by atoms with Crippen LogP contribution in [0, 0.1) is 0 Å². The summed E-state index contributed by atoms with van der Waals surface area (Å²) in [6, 6.07) is 0.595.